The fourth-order valence-electron chi connectivity index (χ4n) is 1.61. The molecule has 0 fully saturated rings. The minimum Gasteiger partial charge on any atom is -0.351 e. The summed E-state index contributed by atoms with van der Waals surface area (Å²) < 4.78 is 0. The monoisotopic (exact) mass is 226 g/mol. The maximum atomic E-state index is 11.5. The molecule has 0 spiro atoms. The van der Waals surface area contributed by atoms with Crippen LogP contribution in [0.3, 0.4) is 0 Å². The van der Waals surface area contributed by atoms with Crippen LogP contribution in [0.1, 0.15) is 46.5 Å². The second-order valence-electron chi connectivity index (χ2n) is 4.32. The van der Waals surface area contributed by atoms with Crippen molar-refractivity contribution in [2.24, 2.45) is 0 Å². The lowest BCUT2D eigenvalue weighted by molar-refractivity contribution is -0.122. The zero-order valence-corrected chi connectivity index (χ0v) is 10.9. The molecule has 0 aromatic heterocycles. The van der Waals surface area contributed by atoms with Crippen LogP contribution in [0.2, 0.25) is 0 Å². The third kappa shape index (κ3) is 7.46. The first-order valence-electron chi connectivity index (χ1n) is 6.26. The molecule has 0 aliphatic heterocycles. The Morgan fingerprint density at radius 1 is 1.38 bits per heavy atom. The summed E-state index contributed by atoms with van der Waals surface area (Å²) in [7, 11) is 0. The summed E-state index contributed by atoms with van der Waals surface area (Å²) in [5.41, 5.74) is 0. The van der Waals surface area contributed by atoms with E-state index in [1.54, 1.807) is 6.08 Å². The van der Waals surface area contributed by atoms with Crippen LogP contribution < -0.4 is 10.6 Å². The fraction of sp³-hybridized carbons (Fsp3) is 0.769. The predicted octanol–water partition coefficient (Wildman–Crippen LogP) is 2.24. The smallest absolute Gasteiger partial charge is 0.237 e. The molecule has 2 atom stereocenters. The minimum absolute atomic E-state index is 0.0437. The van der Waals surface area contributed by atoms with Gasteiger partial charge in [-0.2, -0.15) is 0 Å². The van der Waals surface area contributed by atoms with Gasteiger partial charge in [-0.1, -0.05) is 32.3 Å². The van der Waals surface area contributed by atoms with Crippen LogP contribution in [0, 0.1) is 0 Å². The molecule has 3 nitrogen and oxygen atoms in total. The van der Waals surface area contributed by atoms with E-state index in [2.05, 4.69) is 31.1 Å². The van der Waals surface area contributed by atoms with E-state index in [9.17, 15) is 4.79 Å². The summed E-state index contributed by atoms with van der Waals surface area (Å²) in [5, 5.41) is 6.09. The van der Waals surface area contributed by atoms with Gasteiger partial charge in [-0.3, -0.25) is 4.79 Å². The molecule has 0 saturated heterocycles. The normalized spacial score (nSPS) is 14.2. The van der Waals surface area contributed by atoms with Crippen LogP contribution in [-0.2, 0) is 4.79 Å². The van der Waals surface area contributed by atoms with E-state index < -0.39 is 0 Å². The van der Waals surface area contributed by atoms with Crippen molar-refractivity contribution in [1.82, 2.24) is 10.6 Å². The molecular formula is C13H26N2O. The Labute approximate surface area is 99.7 Å². The molecule has 0 aromatic rings. The average Bonchev–Trinajstić information content (AvgIpc) is 2.26. The van der Waals surface area contributed by atoms with Crippen LogP contribution in [0.25, 0.3) is 0 Å². The molecule has 0 heterocycles. The molecule has 0 rings (SSSR count). The van der Waals surface area contributed by atoms with Crippen molar-refractivity contribution in [3.63, 3.8) is 0 Å². The highest BCUT2D eigenvalue weighted by Crippen LogP contribution is 2.03. The van der Waals surface area contributed by atoms with Gasteiger partial charge in [0.15, 0.2) is 0 Å². The fourth-order valence-corrected chi connectivity index (χ4v) is 1.61. The van der Waals surface area contributed by atoms with E-state index in [0.29, 0.717) is 12.6 Å². The van der Waals surface area contributed by atoms with Crippen molar-refractivity contribution in [2.45, 2.75) is 58.5 Å². The SMILES string of the molecule is C=CCNC(=O)C(C)NC(C)CCCCC. The van der Waals surface area contributed by atoms with Gasteiger partial charge in [-0.25, -0.2) is 0 Å². The summed E-state index contributed by atoms with van der Waals surface area (Å²) in [4.78, 5) is 11.5. The van der Waals surface area contributed by atoms with Crippen molar-refractivity contribution >= 4 is 5.91 Å². The second-order valence-corrected chi connectivity index (χ2v) is 4.32. The molecule has 3 heteroatoms. The number of hydrogen-bond donors (Lipinski definition) is 2. The summed E-state index contributed by atoms with van der Waals surface area (Å²) >= 11 is 0. The molecule has 2 unspecified atom stereocenters. The van der Waals surface area contributed by atoms with Gasteiger partial charge in [0.05, 0.1) is 6.04 Å². The molecule has 0 aromatic carbocycles. The average molecular weight is 226 g/mol. The van der Waals surface area contributed by atoms with Crippen molar-refractivity contribution in [3.05, 3.63) is 12.7 Å². The second kappa shape index (κ2) is 9.40. The van der Waals surface area contributed by atoms with E-state index in [-0.39, 0.29) is 11.9 Å². The number of unbranched alkanes of at least 4 members (excludes halogenated alkanes) is 2. The third-order valence-electron chi connectivity index (χ3n) is 2.59. The van der Waals surface area contributed by atoms with Crippen LogP contribution in [0.5, 0.6) is 0 Å². The van der Waals surface area contributed by atoms with E-state index in [1.807, 2.05) is 6.92 Å². The van der Waals surface area contributed by atoms with Crippen molar-refractivity contribution < 1.29 is 4.79 Å². The van der Waals surface area contributed by atoms with Gasteiger partial charge >= 0.3 is 0 Å². The molecule has 0 saturated carbocycles. The Kier molecular flexibility index (Phi) is 8.91. The van der Waals surface area contributed by atoms with E-state index >= 15 is 0 Å². The highest BCUT2D eigenvalue weighted by Gasteiger charge is 2.13. The maximum absolute atomic E-state index is 11.5. The molecular weight excluding hydrogens is 200 g/mol. The Bertz CT molecular complexity index is 204. The molecule has 16 heavy (non-hydrogen) atoms. The molecule has 0 aliphatic rings. The van der Waals surface area contributed by atoms with Gasteiger partial charge in [-0.15, -0.1) is 6.58 Å². The van der Waals surface area contributed by atoms with Gasteiger partial charge in [0.25, 0.3) is 0 Å². The Morgan fingerprint density at radius 2 is 2.06 bits per heavy atom. The van der Waals surface area contributed by atoms with Gasteiger partial charge in [0, 0.05) is 12.6 Å². The number of nitrogens with one attached hydrogen (secondary N) is 2. The Balaban J connectivity index is 3.71. The molecule has 94 valence electrons. The topological polar surface area (TPSA) is 41.1 Å². The predicted molar refractivity (Wildman–Crippen MR) is 69.4 cm³/mol. The quantitative estimate of drug-likeness (QED) is 0.467. The third-order valence-corrected chi connectivity index (χ3v) is 2.59. The van der Waals surface area contributed by atoms with Gasteiger partial charge in [-0.05, 0) is 20.3 Å². The van der Waals surface area contributed by atoms with Crippen LogP contribution in [-0.4, -0.2) is 24.5 Å². The first-order chi connectivity index (χ1) is 7.61. The zero-order chi connectivity index (χ0) is 12.4. The lowest BCUT2D eigenvalue weighted by atomic mass is 10.1. The van der Waals surface area contributed by atoms with Crippen molar-refractivity contribution in [3.8, 4) is 0 Å². The number of carbonyl (C=O) groups is 1. The van der Waals surface area contributed by atoms with Gasteiger partial charge in [0.2, 0.25) is 5.91 Å². The van der Waals surface area contributed by atoms with Crippen LogP contribution >= 0.6 is 0 Å². The lowest BCUT2D eigenvalue weighted by Crippen LogP contribution is -2.45. The largest absolute Gasteiger partial charge is 0.351 e. The molecule has 1 amide bonds. The van der Waals surface area contributed by atoms with E-state index in [1.165, 1.54) is 19.3 Å². The van der Waals surface area contributed by atoms with Crippen LogP contribution in [0.4, 0.5) is 0 Å². The first kappa shape index (κ1) is 15.2. The summed E-state index contributed by atoms with van der Waals surface area (Å²) in [6.45, 7) is 10.3. The number of rotatable bonds is 9. The zero-order valence-electron chi connectivity index (χ0n) is 10.9. The standard InChI is InChI=1S/C13H26N2O/c1-5-7-8-9-11(3)15-12(4)13(16)14-10-6-2/h6,11-12,15H,2,5,7-10H2,1,3-4H3,(H,14,16). The van der Waals surface area contributed by atoms with Gasteiger partial charge < -0.3 is 10.6 Å². The van der Waals surface area contributed by atoms with Crippen molar-refractivity contribution in [2.75, 3.05) is 6.54 Å². The summed E-state index contributed by atoms with van der Waals surface area (Å²) in [6.07, 6.45) is 6.55. The molecule has 0 bridgehead atoms. The molecule has 0 radical (unpaired) electrons. The first-order valence-corrected chi connectivity index (χ1v) is 6.26. The van der Waals surface area contributed by atoms with Gasteiger partial charge in [0.1, 0.15) is 0 Å². The summed E-state index contributed by atoms with van der Waals surface area (Å²) in [5.74, 6) is 0.0437. The van der Waals surface area contributed by atoms with Crippen LogP contribution in [0.15, 0.2) is 12.7 Å². The number of amides is 1. The van der Waals surface area contributed by atoms with Crippen molar-refractivity contribution in [1.29, 1.82) is 0 Å². The summed E-state index contributed by atoms with van der Waals surface area (Å²) in [6, 6.07) is 0.271. The Morgan fingerprint density at radius 3 is 2.62 bits per heavy atom. The highest BCUT2D eigenvalue weighted by molar-refractivity contribution is 5.81. The molecule has 0 aliphatic carbocycles. The Hall–Kier alpha value is -0.830. The van der Waals surface area contributed by atoms with E-state index in [4.69, 9.17) is 0 Å². The number of carbonyl (C=O) groups excluding carboxylic acids is 1. The lowest BCUT2D eigenvalue weighted by Gasteiger charge is -2.19. The minimum atomic E-state index is -0.128. The highest BCUT2D eigenvalue weighted by atomic mass is 16.2. The van der Waals surface area contributed by atoms with E-state index in [0.717, 1.165) is 6.42 Å². The maximum Gasteiger partial charge on any atom is 0.237 e. The number of hydrogen-bond acceptors (Lipinski definition) is 2. The molecule has 2 N–H and O–H groups in total.